The summed E-state index contributed by atoms with van der Waals surface area (Å²) in [5, 5.41) is 15.3. The highest BCUT2D eigenvalue weighted by Gasteiger charge is 2.36. The summed E-state index contributed by atoms with van der Waals surface area (Å²) in [5.74, 6) is -1.42. The van der Waals surface area contributed by atoms with Gasteiger partial charge in [0.1, 0.15) is 5.54 Å². The second-order valence-corrected chi connectivity index (χ2v) is 5.82. The average molecular weight is 290 g/mol. The van der Waals surface area contributed by atoms with E-state index in [2.05, 4.69) is 10.6 Å². The van der Waals surface area contributed by atoms with Crippen LogP contribution in [0, 0.1) is 5.92 Å². The van der Waals surface area contributed by atoms with Crippen LogP contribution in [0.3, 0.4) is 0 Å². The Hall–Kier alpha value is -2.04. The highest BCUT2D eigenvalue weighted by molar-refractivity contribution is 5.88. The maximum Gasteiger partial charge on any atom is 0.329 e. The van der Waals surface area contributed by atoms with Gasteiger partial charge in [-0.05, 0) is 31.4 Å². The van der Waals surface area contributed by atoms with Crippen molar-refractivity contribution in [3.05, 3.63) is 29.8 Å². The molecular formula is C16H22N2O3. The molecule has 2 atom stereocenters. The summed E-state index contributed by atoms with van der Waals surface area (Å²) in [5.41, 5.74) is 0.954. The number of amides is 1. The smallest absolute Gasteiger partial charge is 0.329 e. The molecule has 21 heavy (non-hydrogen) atoms. The zero-order valence-corrected chi connectivity index (χ0v) is 12.5. The van der Waals surface area contributed by atoms with E-state index < -0.39 is 11.5 Å². The second kappa shape index (κ2) is 6.16. The van der Waals surface area contributed by atoms with Crippen LogP contribution in [-0.4, -0.2) is 29.1 Å². The number of nitrogens with one attached hydrogen (secondary N) is 2. The van der Waals surface area contributed by atoms with E-state index in [0.29, 0.717) is 25.8 Å². The maximum absolute atomic E-state index is 12.4. The first kappa shape index (κ1) is 15.4. The Morgan fingerprint density at radius 3 is 2.81 bits per heavy atom. The van der Waals surface area contributed by atoms with Crippen molar-refractivity contribution in [3.63, 3.8) is 0 Å². The first-order chi connectivity index (χ1) is 9.96. The van der Waals surface area contributed by atoms with Crippen LogP contribution in [0.4, 0.5) is 5.69 Å². The number of fused-ring (bicyclic) bond motifs is 1. The molecule has 2 unspecified atom stereocenters. The van der Waals surface area contributed by atoms with Gasteiger partial charge in [-0.25, -0.2) is 4.79 Å². The molecule has 5 nitrogen and oxygen atoms in total. The molecule has 0 bridgehead atoms. The van der Waals surface area contributed by atoms with Crippen LogP contribution >= 0.6 is 0 Å². The fourth-order valence-electron chi connectivity index (χ4n) is 2.72. The molecule has 5 heteroatoms. The molecule has 0 fully saturated rings. The predicted octanol–water partition coefficient (Wildman–Crippen LogP) is 2.03. The fraction of sp³-hybridized carbons (Fsp3) is 0.500. The van der Waals surface area contributed by atoms with Gasteiger partial charge >= 0.3 is 5.97 Å². The molecular weight excluding hydrogens is 268 g/mol. The molecule has 0 spiro atoms. The average Bonchev–Trinajstić information content (AvgIpc) is 2.46. The van der Waals surface area contributed by atoms with Crippen LogP contribution in [-0.2, 0) is 16.0 Å². The van der Waals surface area contributed by atoms with Crippen molar-refractivity contribution in [2.24, 2.45) is 5.92 Å². The Morgan fingerprint density at radius 1 is 1.43 bits per heavy atom. The molecule has 0 aromatic heterocycles. The van der Waals surface area contributed by atoms with Crippen LogP contribution in [0.1, 0.15) is 32.3 Å². The standard InChI is InChI=1S/C16H22N2O3/c1-3-8-16(2,15(20)21)18-14(19)12-9-11-6-4-5-7-13(11)17-10-12/h4-7,12,17H,3,8-10H2,1-2H3,(H,18,19)(H,20,21). The zero-order valence-electron chi connectivity index (χ0n) is 12.5. The molecule has 0 saturated heterocycles. The third kappa shape index (κ3) is 3.35. The van der Waals surface area contributed by atoms with E-state index in [1.165, 1.54) is 0 Å². The number of hydrogen-bond donors (Lipinski definition) is 3. The lowest BCUT2D eigenvalue weighted by Gasteiger charge is -2.31. The lowest BCUT2D eigenvalue weighted by molar-refractivity contribution is -0.147. The SMILES string of the molecule is CCCC(C)(NC(=O)C1CNc2ccccc2C1)C(=O)O. The van der Waals surface area contributed by atoms with Crippen molar-refractivity contribution in [2.45, 2.75) is 38.6 Å². The first-order valence-electron chi connectivity index (χ1n) is 7.33. The minimum atomic E-state index is -1.19. The molecule has 1 aromatic carbocycles. The number of carboxylic acids is 1. The van der Waals surface area contributed by atoms with E-state index in [1.807, 2.05) is 31.2 Å². The Bertz CT molecular complexity index is 544. The van der Waals surface area contributed by atoms with Gasteiger partial charge in [0, 0.05) is 12.2 Å². The van der Waals surface area contributed by atoms with Gasteiger partial charge < -0.3 is 15.7 Å². The van der Waals surface area contributed by atoms with Crippen LogP contribution in [0.25, 0.3) is 0 Å². The molecule has 0 aliphatic carbocycles. The van der Waals surface area contributed by atoms with Crippen LogP contribution < -0.4 is 10.6 Å². The van der Waals surface area contributed by atoms with Gasteiger partial charge in [-0.1, -0.05) is 31.5 Å². The molecule has 114 valence electrons. The van der Waals surface area contributed by atoms with Crippen molar-refractivity contribution in [1.82, 2.24) is 5.32 Å². The van der Waals surface area contributed by atoms with Crippen molar-refractivity contribution in [3.8, 4) is 0 Å². The molecule has 1 amide bonds. The van der Waals surface area contributed by atoms with Crippen LogP contribution in [0.5, 0.6) is 0 Å². The van der Waals surface area contributed by atoms with Gasteiger partial charge in [0.2, 0.25) is 5.91 Å². The third-order valence-electron chi connectivity index (χ3n) is 4.01. The van der Waals surface area contributed by atoms with Crippen molar-refractivity contribution < 1.29 is 14.7 Å². The molecule has 2 rings (SSSR count). The van der Waals surface area contributed by atoms with E-state index in [1.54, 1.807) is 6.92 Å². The molecule has 1 aliphatic rings. The number of carbonyl (C=O) groups excluding carboxylic acids is 1. The monoisotopic (exact) mass is 290 g/mol. The lowest BCUT2D eigenvalue weighted by atomic mass is 9.90. The van der Waals surface area contributed by atoms with Crippen molar-refractivity contribution in [1.29, 1.82) is 0 Å². The Labute approximate surface area is 124 Å². The third-order valence-corrected chi connectivity index (χ3v) is 4.01. The minimum absolute atomic E-state index is 0.199. The quantitative estimate of drug-likeness (QED) is 0.775. The van der Waals surface area contributed by atoms with Crippen molar-refractivity contribution >= 4 is 17.6 Å². The summed E-state index contributed by atoms with van der Waals surface area (Å²) in [6, 6.07) is 7.88. The molecule has 0 saturated carbocycles. The largest absolute Gasteiger partial charge is 0.480 e. The Balaban J connectivity index is 2.06. The molecule has 1 aromatic rings. The van der Waals surface area contributed by atoms with Gasteiger partial charge in [-0.15, -0.1) is 0 Å². The van der Waals surface area contributed by atoms with Gasteiger partial charge in [0.05, 0.1) is 5.92 Å². The van der Waals surface area contributed by atoms with Crippen LogP contribution in [0.2, 0.25) is 0 Å². The zero-order chi connectivity index (χ0) is 15.5. The molecule has 1 heterocycles. The summed E-state index contributed by atoms with van der Waals surface area (Å²) < 4.78 is 0. The minimum Gasteiger partial charge on any atom is -0.480 e. The topological polar surface area (TPSA) is 78.4 Å². The number of para-hydroxylation sites is 1. The van der Waals surface area contributed by atoms with E-state index in [0.717, 1.165) is 11.3 Å². The number of rotatable bonds is 5. The summed E-state index contributed by atoms with van der Waals surface area (Å²) in [6.45, 7) is 4.01. The fourth-order valence-corrected chi connectivity index (χ4v) is 2.72. The number of hydrogen-bond acceptors (Lipinski definition) is 3. The highest BCUT2D eigenvalue weighted by atomic mass is 16.4. The summed E-state index contributed by atoms with van der Waals surface area (Å²) in [4.78, 5) is 23.8. The van der Waals surface area contributed by atoms with E-state index in [4.69, 9.17) is 0 Å². The number of benzene rings is 1. The van der Waals surface area contributed by atoms with Gasteiger partial charge in [0.25, 0.3) is 0 Å². The highest BCUT2D eigenvalue weighted by Crippen LogP contribution is 2.25. The summed E-state index contributed by atoms with van der Waals surface area (Å²) in [7, 11) is 0. The maximum atomic E-state index is 12.4. The summed E-state index contributed by atoms with van der Waals surface area (Å²) in [6.07, 6.45) is 1.76. The Morgan fingerprint density at radius 2 is 2.14 bits per heavy atom. The molecule has 3 N–H and O–H groups in total. The van der Waals surface area contributed by atoms with Gasteiger partial charge in [0.15, 0.2) is 0 Å². The van der Waals surface area contributed by atoms with E-state index in [-0.39, 0.29) is 11.8 Å². The van der Waals surface area contributed by atoms with Crippen LogP contribution in [0.15, 0.2) is 24.3 Å². The molecule has 0 radical (unpaired) electrons. The number of carbonyl (C=O) groups is 2. The second-order valence-electron chi connectivity index (χ2n) is 5.82. The van der Waals surface area contributed by atoms with Crippen molar-refractivity contribution in [2.75, 3.05) is 11.9 Å². The number of anilines is 1. The Kier molecular flexibility index (Phi) is 4.50. The molecule has 1 aliphatic heterocycles. The predicted molar refractivity (Wildman–Crippen MR) is 81.2 cm³/mol. The number of aliphatic carboxylic acids is 1. The van der Waals surface area contributed by atoms with Gasteiger partial charge in [-0.2, -0.15) is 0 Å². The first-order valence-corrected chi connectivity index (χ1v) is 7.33. The van der Waals surface area contributed by atoms with E-state index >= 15 is 0 Å². The van der Waals surface area contributed by atoms with Gasteiger partial charge in [-0.3, -0.25) is 4.79 Å². The van der Waals surface area contributed by atoms with E-state index in [9.17, 15) is 14.7 Å². The summed E-state index contributed by atoms with van der Waals surface area (Å²) >= 11 is 0. The number of carboxylic acid groups (broad SMARTS) is 1. The lowest BCUT2D eigenvalue weighted by Crippen LogP contribution is -2.55. The normalized spacial score (nSPS) is 19.8.